The Hall–Kier alpha value is -0.915. The predicted molar refractivity (Wildman–Crippen MR) is 52.6 cm³/mol. The van der Waals surface area contributed by atoms with Crippen LogP contribution >= 0.6 is 0 Å². The van der Waals surface area contributed by atoms with Gasteiger partial charge in [-0.3, -0.25) is 0 Å². The van der Waals surface area contributed by atoms with E-state index < -0.39 is 0 Å². The molecule has 0 amide bonds. The lowest BCUT2D eigenvalue weighted by Gasteiger charge is -2.28. The minimum absolute atomic E-state index is 0.983. The summed E-state index contributed by atoms with van der Waals surface area (Å²) in [5, 5.41) is 0. The zero-order chi connectivity index (χ0) is 8.55. The van der Waals surface area contributed by atoms with Crippen molar-refractivity contribution in [3.8, 4) is 0 Å². The van der Waals surface area contributed by atoms with Crippen LogP contribution in [0.3, 0.4) is 0 Å². The van der Waals surface area contributed by atoms with Gasteiger partial charge in [0, 0.05) is 12.2 Å². The van der Waals surface area contributed by atoms with Crippen molar-refractivity contribution in [2.45, 2.75) is 19.8 Å². The first-order chi connectivity index (χ1) is 5.77. The van der Waals surface area contributed by atoms with Gasteiger partial charge in [0.25, 0.3) is 0 Å². The predicted octanol–water partition coefficient (Wildman–Crippen LogP) is 1.83. The summed E-state index contributed by atoms with van der Waals surface area (Å²) < 4.78 is 0. The molecule has 2 radical (unpaired) electrons. The molecular weight excluding hydrogens is 145 g/mol. The topological polar surface area (TPSA) is 3.24 Å². The standard InChI is InChI=1S/C10H12BN/c1-8-4-5-9-3-2-6-12(11)10(9)7-8/h4-5,7H,2-3,6H2,1H3. The molecule has 0 N–H and O–H groups in total. The summed E-state index contributed by atoms with van der Waals surface area (Å²) in [6.07, 6.45) is 2.34. The van der Waals surface area contributed by atoms with E-state index in [1.54, 1.807) is 0 Å². The zero-order valence-corrected chi connectivity index (χ0v) is 7.38. The molecule has 0 spiro atoms. The lowest BCUT2D eigenvalue weighted by molar-refractivity contribution is 0.790. The molecule has 1 heterocycles. The Balaban J connectivity index is 2.47. The number of hydrogen-bond acceptors (Lipinski definition) is 1. The molecule has 1 aliphatic heterocycles. The van der Waals surface area contributed by atoms with Crippen molar-refractivity contribution in [2.75, 3.05) is 11.4 Å². The number of anilines is 1. The molecule has 1 aliphatic rings. The summed E-state index contributed by atoms with van der Waals surface area (Å²) >= 11 is 0. The van der Waals surface area contributed by atoms with Crippen LogP contribution in [-0.4, -0.2) is 14.5 Å². The molecule has 0 bridgehead atoms. The van der Waals surface area contributed by atoms with Crippen molar-refractivity contribution in [1.29, 1.82) is 0 Å². The van der Waals surface area contributed by atoms with E-state index in [4.69, 9.17) is 7.98 Å². The van der Waals surface area contributed by atoms with Crippen LogP contribution in [0.5, 0.6) is 0 Å². The van der Waals surface area contributed by atoms with Crippen LogP contribution in [0, 0.1) is 6.92 Å². The molecule has 1 aromatic carbocycles. The van der Waals surface area contributed by atoms with E-state index in [0.717, 1.165) is 6.54 Å². The van der Waals surface area contributed by atoms with Gasteiger partial charge in [-0.05, 0) is 37.0 Å². The summed E-state index contributed by atoms with van der Waals surface area (Å²) in [5.41, 5.74) is 3.88. The number of fused-ring (bicyclic) bond motifs is 1. The molecule has 0 aromatic heterocycles. The van der Waals surface area contributed by atoms with Crippen LogP contribution in [0.15, 0.2) is 18.2 Å². The maximum absolute atomic E-state index is 5.85. The number of rotatable bonds is 0. The first-order valence-electron chi connectivity index (χ1n) is 4.39. The summed E-state index contributed by atoms with van der Waals surface area (Å²) in [6, 6.07) is 6.50. The Kier molecular flexibility index (Phi) is 1.83. The molecule has 1 nitrogen and oxygen atoms in total. The minimum atomic E-state index is 0.983. The third kappa shape index (κ3) is 1.22. The third-order valence-electron chi connectivity index (χ3n) is 2.40. The molecule has 1 aromatic rings. The van der Waals surface area contributed by atoms with Crippen molar-refractivity contribution in [3.05, 3.63) is 29.3 Å². The molecule has 0 fully saturated rings. The molecule has 0 saturated carbocycles. The van der Waals surface area contributed by atoms with Crippen molar-refractivity contribution in [1.82, 2.24) is 0 Å². The minimum Gasteiger partial charge on any atom is -0.425 e. The van der Waals surface area contributed by atoms with Gasteiger partial charge in [0.1, 0.15) is 0 Å². The highest BCUT2D eigenvalue weighted by Crippen LogP contribution is 2.26. The molecule has 2 heteroatoms. The summed E-state index contributed by atoms with van der Waals surface area (Å²) in [6.45, 7) is 3.08. The van der Waals surface area contributed by atoms with Crippen LogP contribution in [0.1, 0.15) is 17.5 Å². The van der Waals surface area contributed by atoms with Crippen molar-refractivity contribution >= 4 is 13.7 Å². The highest BCUT2D eigenvalue weighted by molar-refractivity contribution is 6.18. The van der Waals surface area contributed by atoms with E-state index in [1.165, 1.54) is 29.7 Å². The van der Waals surface area contributed by atoms with Crippen molar-refractivity contribution in [3.63, 3.8) is 0 Å². The monoisotopic (exact) mass is 157 g/mol. The lowest BCUT2D eigenvalue weighted by Crippen LogP contribution is -2.26. The Morgan fingerprint density at radius 3 is 3.08 bits per heavy atom. The van der Waals surface area contributed by atoms with Crippen LogP contribution in [0.4, 0.5) is 5.69 Å². The Morgan fingerprint density at radius 1 is 1.42 bits per heavy atom. The van der Waals surface area contributed by atoms with Gasteiger partial charge in [-0.2, -0.15) is 0 Å². The molecule has 0 atom stereocenters. The van der Waals surface area contributed by atoms with Gasteiger partial charge in [-0.1, -0.05) is 12.1 Å². The van der Waals surface area contributed by atoms with E-state index in [0.29, 0.717) is 0 Å². The van der Waals surface area contributed by atoms with E-state index in [-0.39, 0.29) is 0 Å². The van der Waals surface area contributed by atoms with E-state index in [9.17, 15) is 0 Å². The van der Waals surface area contributed by atoms with Crippen LogP contribution in [0.25, 0.3) is 0 Å². The fourth-order valence-corrected chi connectivity index (χ4v) is 1.71. The van der Waals surface area contributed by atoms with Crippen LogP contribution < -0.4 is 4.81 Å². The molecule has 60 valence electrons. The average molecular weight is 157 g/mol. The lowest BCUT2D eigenvalue weighted by atomic mass is 9.97. The first kappa shape index (κ1) is 7.72. The highest BCUT2D eigenvalue weighted by atomic mass is 15.0. The van der Waals surface area contributed by atoms with Gasteiger partial charge in [0.2, 0.25) is 7.98 Å². The van der Waals surface area contributed by atoms with E-state index in [2.05, 4.69) is 25.1 Å². The molecule has 0 saturated heterocycles. The second-order valence-electron chi connectivity index (χ2n) is 3.43. The largest absolute Gasteiger partial charge is 0.425 e. The smallest absolute Gasteiger partial charge is 0.226 e. The summed E-state index contributed by atoms with van der Waals surface area (Å²) in [5.74, 6) is 0. The summed E-state index contributed by atoms with van der Waals surface area (Å²) in [4.78, 5) is 1.85. The van der Waals surface area contributed by atoms with Crippen LogP contribution in [-0.2, 0) is 6.42 Å². The highest BCUT2D eigenvalue weighted by Gasteiger charge is 2.11. The second-order valence-corrected chi connectivity index (χ2v) is 3.43. The van der Waals surface area contributed by atoms with Crippen molar-refractivity contribution < 1.29 is 0 Å². The van der Waals surface area contributed by atoms with Crippen LogP contribution in [0.2, 0.25) is 0 Å². The Labute approximate surface area is 74.8 Å². The van der Waals surface area contributed by atoms with Gasteiger partial charge < -0.3 is 4.81 Å². The molecular formula is C10H12BN. The second kappa shape index (κ2) is 2.85. The normalized spacial score (nSPS) is 15.9. The molecule has 0 aliphatic carbocycles. The quantitative estimate of drug-likeness (QED) is 0.519. The maximum Gasteiger partial charge on any atom is 0.226 e. The van der Waals surface area contributed by atoms with Gasteiger partial charge in [0.15, 0.2) is 0 Å². The van der Waals surface area contributed by atoms with E-state index in [1.807, 2.05) is 4.81 Å². The number of hydrogen-bond donors (Lipinski definition) is 0. The number of nitrogens with zero attached hydrogens (tertiary/aromatic N) is 1. The zero-order valence-electron chi connectivity index (χ0n) is 7.38. The average Bonchev–Trinajstić information content (AvgIpc) is 2.07. The number of benzene rings is 1. The summed E-state index contributed by atoms with van der Waals surface area (Å²) in [7, 11) is 5.85. The molecule has 12 heavy (non-hydrogen) atoms. The maximum atomic E-state index is 5.85. The van der Waals surface area contributed by atoms with Crippen molar-refractivity contribution in [2.24, 2.45) is 0 Å². The Morgan fingerprint density at radius 2 is 2.25 bits per heavy atom. The fourth-order valence-electron chi connectivity index (χ4n) is 1.71. The van der Waals surface area contributed by atoms with E-state index >= 15 is 0 Å². The Bertz CT molecular complexity index is 296. The number of aryl methyl sites for hydroxylation is 2. The molecule has 0 unspecified atom stereocenters. The third-order valence-corrected chi connectivity index (χ3v) is 2.40. The van der Waals surface area contributed by atoms with Gasteiger partial charge in [-0.15, -0.1) is 0 Å². The first-order valence-corrected chi connectivity index (χ1v) is 4.39. The SMILES string of the molecule is [B]N1CCCc2ccc(C)cc21. The molecule has 2 rings (SSSR count). The van der Waals surface area contributed by atoms with Gasteiger partial charge in [-0.25, -0.2) is 0 Å². The van der Waals surface area contributed by atoms with Gasteiger partial charge in [0.05, 0.1) is 0 Å². The fraction of sp³-hybridized carbons (Fsp3) is 0.400. The van der Waals surface area contributed by atoms with Gasteiger partial charge >= 0.3 is 0 Å².